The van der Waals surface area contributed by atoms with Crippen molar-refractivity contribution < 1.29 is 9.18 Å². The summed E-state index contributed by atoms with van der Waals surface area (Å²) in [5.41, 5.74) is 8.61. The minimum atomic E-state index is -0.448. The zero-order valence-corrected chi connectivity index (χ0v) is 11.5. The smallest absolute Gasteiger partial charge is 0.326 e. The van der Waals surface area contributed by atoms with Crippen LogP contribution in [-0.2, 0) is 6.42 Å². The molecule has 0 unspecified atom stereocenters. The fourth-order valence-electron chi connectivity index (χ4n) is 2.61. The van der Waals surface area contributed by atoms with Gasteiger partial charge in [0.25, 0.3) is 0 Å². The minimum Gasteiger partial charge on any atom is -0.398 e. The number of fused-ring (bicyclic) bond motifs is 1. The van der Waals surface area contributed by atoms with Crippen LogP contribution in [0, 0.1) is 5.82 Å². The molecule has 3 N–H and O–H groups in total. The molecule has 5 heteroatoms. The van der Waals surface area contributed by atoms with Crippen LogP contribution < -0.4 is 16.0 Å². The van der Waals surface area contributed by atoms with Crippen molar-refractivity contribution in [3.8, 4) is 0 Å². The summed E-state index contributed by atoms with van der Waals surface area (Å²) < 4.78 is 13.6. The van der Waals surface area contributed by atoms with Gasteiger partial charge in [-0.1, -0.05) is 18.2 Å². The monoisotopic (exact) mass is 285 g/mol. The maximum Gasteiger partial charge on any atom is 0.326 e. The predicted octanol–water partition coefficient (Wildman–Crippen LogP) is 3.39. The van der Waals surface area contributed by atoms with Crippen LogP contribution >= 0.6 is 0 Å². The summed E-state index contributed by atoms with van der Waals surface area (Å²) in [6.45, 7) is 0.594. The van der Waals surface area contributed by atoms with Crippen LogP contribution in [-0.4, -0.2) is 12.6 Å². The van der Waals surface area contributed by atoms with Crippen LogP contribution in [0.3, 0.4) is 0 Å². The van der Waals surface area contributed by atoms with Crippen LogP contribution in [0.1, 0.15) is 12.0 Å². The molecular formula is C16H16FN3O. The molecule has 1 heterocycles. The number of amides is 2. The molecule has 0 radical (unpaired) electrons. The highest BCUT2D eigenvalue weighted by Crippen LogP contribution is 2.31. The Kier molecular flexibility index (Phi) is 3.48. The Morgan fingerprint density at radius 2 is 2.00 bits per heavy atom. The second-order valence-corrected chi connectivity index (χ2v) is 5.01. The van der Waals surface area contributed by atoms with E-state index in [1.54, 1.807) is 17.0 Å². The fourth-order valence-corrected chi connectivity index (χ4v) is 2.61. The average Bonchev–Trinajstić information content (AvgIpc) is 2.49. The number of para-hydroxylation sites is 1. The SMILES string of the molecule is Nc1cccc2c1CCCN2C(=O)Nc1ccccc1F. The molecule has 0 aliphatic carbocycles. The van der Waals surface area contributed by atoms with Gasteiger partial charge in [-0.3, -0.25) is 4.90 Å². The highest BCUT2D eigenvalue weighted by molar-refractivity contribution is 6.03. The number of benzene rings is 2. The third-order valence-corrected chi connectivity index (χ3v) is 3.65. The van der Waals surface area contributed by atoms with E-state index in [2.05, 4.69) is 5.32 Å². The number of urea groups is 1. The summed E-state index contributed by atoms with van der Waals surface area (Å²) in [6.07, 6.45) is 1.69. The number of nitrogens with one attached hydrogen (secondary N) is 1. The maximum absolute atomic E-state index is 13.6. The maximum atomic E-state index is 13.6. The van der Waals surface area contributed by atoms with Crippen LogP contribution in [0.5, 0.6) is 0 Å². The van der Waals surface area contributed by atoms with Crippen molar-refractivity contribution >= 4 is 23.1 Å². The molecule has 0 spiro atoms. The van der Waals surface area contributed by atoms with E-state index >= 15 is 0 Å². The summed E-state index contributed by atoms with van der Waals surface area (Å²) in [4.78, 5) is 14.0. The number of nitrogens with zero attached hydrogens (tertiary/aromatic N) is 1. The molecule has 0 fully saturated rings. The lowest BCUT2D eigenvalue weighted by Crippen LogP contribution is -2.39. The van der Waals surface area contributed by atoms with Gasteiger partial charge in [-0.05, 0) is 42.7 Å². The number of hydrogen-bond acceptors (Lipinski definition) is 2. The largest absolute Gasteiger partial charge is 0.398 e. The van der Waals surface area contributed by atoms with E-state index in [4.69, 9.17) is 5.73 Å². The first-order valence-electron chi connectivity index (χ1n) is 6.87. The Morgan fingerprint density at radius 1 is 1.19 bits per heavy atom. The summed E-state index contributed by atoms with van der Waals surface area (Å²) in [5.74, 6) is -0.448. The molecule has 4 nitrogen and oxygen atoms in total. The molecule has 108 valence electrons. The number of anilines is 3. The standard InChI is InChI=1S/C16H16FN3O/c17-12-6-1-2-8-14(12)19-16(21)20-10-4-5-11-13(18)7-3-9-15(11)20/h1-3,6-9H,4-5,10,18H2,(H,19,21). The number of halogens is 1. The molecule has 1 aliphatic heterocycles. The first kappa shape index (κ1) is 13.4. The van der Waals surface area contributed by atoms with Crippen LogP contribution in [0.25, 0.3) is 0 Å². The van der Waals surface area contributed by atoms with E-state index in [9.17, 15) is 9.18 Å². The molecule has 0 saturated heterocycles. The third-order valence-electron chi connectivity index (χ3n) is 3.65. The Balaban J connectivity index is 1.87. The summed E-state index contributed by atoms with van der Waals surface area (Å²) >= 11 is 0. The second kappa shape index (κ2) is 5.44. The van der Waals surface area contributed by atoms with Crippen molar-refractivity contribution in [2.45, 2.75) is 12.8 Å². The molecule has 2 aromatic rings. The number of nitrogen functional groups attached to an aromatic ring is 1. The number of carbonyl (C=O) groups is 1. The van der Waals surface area contributed by atoms with Gasteiger partial charge in [-0.2, -0.15) is 0 Å². The molecule has 3 rings (SSSR count). The summed E-state index contributed by atoms with van der Waals surface area (Å²) in [7, 11) is 0. The molecule has 0 atom stereocenters. The van der Waals surface area contributed by atoms with Gasteiger partial charge in [-0.25, -0.2) is 9.18 Å². The van der Waals surface area contributed by atoms with Gasteiger partial charge in [0, 0.05) is 12.2 Å². The van der Waals surface area contributed by atoms with Gasteiger partial charge in [0.1, 0.15) is 5.82 Å². The molecule has 1 aliphatic rings. The number of hydrogen-bond donors (Lipinski definition) is 2. The number of rotatable bonds is 1. The Hall–Kier alpha value is -2.56. The van der Waals surface area contributed by atoms with Crippen molar-refractivity contribution in [3.05, 3.63) is 53.8 Å². The number of carbonyl (C=O) groups excluding carboxylic acids is 1. The lowest BCUT2D eigenvalue weighted by molar-refractivity contribution is 0.256. The Labute approximate surface area is 122 Å². The van der Waals surface area contributed by atoms with Gasteiger partial charge in [0.05, 0.1) is 11.4 Å². The normalized spacial score (nSPS) is 13.7. The van der Waals surface area contributed by atoms with E-state index in [1.165, 1.54) is 12.1 Å². The summed E-state index contributed by atoms with van der Waals surface area (Å²) in [6, 6.07) is 11.3. The van der Waals surface area contributed by atoms with Crippen molar-refractivity contribution in [1.29, 1.82) is 0 Å². The lowest BCUT2D eigenvalue weighted by atomic mass is 10.0. The van der Waals surface area contributed by atoms with Gasteiger partial charge >= 0.3 is 6.03 Å². The van der Waals surface area contributed by atoms with E-state index in [1.807, 2.05) is 18.2 Å². The van der Waals surface area contributed by atoms with Crippen molar-refractivity contribution in [1.82, 2.24) is 0 Å². The highest BCUT2D eigenvalue weighted by atomic mass is 19.1. The topological polar surface area (TPSA) is 58.4 Å². The summed E-state index contributed by atoms with van der Waals surface area (Å²) in [5, 5.41) is 2.61. The minimum absolute atomic E-state index is 0.179. The fraction of sp³-hybridized carbons (Fsp3) is 0.188. The molecule has 21 heavy (non-hydrogen) atoms. The van der Waals surface area contributed by atoms with Gasteiger partial charge < -0.3 is 11.1 Å². The van der Waals surface area contributed by atoms with Crippen molar-refractivity contribution in [3.63, 3.8) is 0 Å². The molecule has 0 bridgehead atoms. The molecule has 2 aromatic carbocycles. The lowest BCUT2D eigenvalue weighted by Gasteiger charge is -2.30. The van der Waals surface area contributed by atoms with E-state index in [-0.39, 0.29) is 11.7 Å². The first-order chi connectivity index (χ1) is 10.2. The zero-order chi connectivity index (χ0) is 14.8. The predicted molar refractivity (Wildman–Crippen MR) is 81.9 cm³/mol. The van der Waals surface area contributed by atoms with E-state index in [0.29, 0.717) is 12.2 Å². The molecule has 0 aromatic heterocycles. The Morgan fingerprint density at radius 3 is 2.81 bits per heavy atom. The third kappa shape index (κ3) is 2.54. The van der Waals surface area contributed by atoms with E-state index < -0.39 is 5.82 Å². The molecule has 2 amide bonds. The molecular weight excluding hydrogens is 269 g/mol. The molecule has 0 saturated carbocycles. The van der Waals surface area contributed by atoms with Gasteiger partial charge in [0.15, 0.2) is 0 Å². The quantitative estimate of drug-likeness (QED) is 0.789. The van der Waals surface area contributed by atoms with Crippen LogP contribution in [0.15, 0.2) is 42.5 Å². The average molecular weight is 285 g/mol. The van der Waals surface area contributed by atoms with Crippen LogP contribution in [0.4, 0.5) is 26.2 Å². The van der Waals surface area contributed by atoms with Crippen LogP contribution in [0.2, 0.25) is 0 Å². The van der Waals surface area contributed by atoms with Crippen molar-refractivity contribution in [2.75, 3.05) is 22.5 Å². The highest BCUT2D eigenvalue weighted by Gasteiger charge is 2.24. The first-order valence-corrected chi connectivity index (χ1v) is 6.87. The van der Waals surface area contributed by atoms with E-state index in [0.717, 1.165) is 24.1 Å². The van der Waals surface area contributed by atoms with Gasteiger partial charge in [0.2, 0.25) is 0 Å². The van der Waals surface area contributed by atoms with Crippen molar-refractivity contribution in [2.24, 2.45) is 0 Å². The van der Waals surface area contributed by atoms with Gasteiger partial charge in [-0.15, -0.1) is 0 Å². The number of nitrogens with two attached hydrogens (primary N) is 1. The zero-order valence-electron chi connectivity index (χ0n) is 11.5. The Bertz CT molecular complexity index is 687. The second-order valence-electron chi connectivity index (χ2n) is 5.01.